The lowest BCUT2D eigenvalue weighted by Crippen LogP contribution is -2.44. The third-order valence-corrected chi connectivity index (χ3v) is 7.21. The van der Waals surface area contributed by atoms with E-state index in [1.165, 1.54) is 28.6 Å². The van der Waals surface area contributed by atoms with Crippen molar-refractivity contribution in [1.29, 1.82) is 0 Å². The predicted molar refractivity (Wildman–Crippen MR) is 111 cm³/mol. The number of carbonyl (C=O) groups is 1. The number of carbonyl (C=O) groups excluding carboxylic acids is 1. The first-order valence-electron chi connectivity index (χ1n) is 9.44. The monoisotopic (exact) mass is 457 g/mol. The molecule has 1 fully saturated rings. The Morgan fingerprint density at radius 3 is 2.43 bits per heavy atom. The summed E-state index contributed by atoms with van der Waals surface area (Å²) in [6.07, 6.45) is 0.521. The van der Waals surface area contributed by atoms with Crippen LogP contribution in [0, 0.1) is 11.6 Å². The fraction of sp³-hybridized carbons (Fsp3) is 0.350. The second kappa shape index (κ2) is 9.38. The van der Waals surface area contributed by atoms with Gasteiger partial charge < -0.3 is 5.32 Å². The molecular weight excluding hydrogens is 436 g/mol. The van der Waals surface area contributed by atoms with Crippen molar-refractivity contribution >= 4 is 33.2 Å². The van der Waals surface area contributed by atoms with Gasteiger partial charge in [-0.15, -0.1) is 0 Å². The van der Waals surface area contributed by atoms with Crippen molar-refractivity contribution in [1.82, 2.24) is 9.21 Å². The summed E-state index contributed by atoms with van der Waals surface area (Å²) in [4.78, 5) is 14.5. The van der Waals surface area contributed by atoms with E-state index >= 15 is 0 Å². The first kappa shape index (κ1) is 22.6. The lowest BCUT2D eigenvalue weighted by molar-refractivity contribution is -0.120. The molecule has 1 aliphatic rings. The van der Waals surface area contributed by atoms with Gasteiger partial charge in [0.15, 0.2) is 0 Å². The summed E-state index contributed by atoms with van der Waals surface area (Å²) in [7, 11) is -3.75. The molecule has 30 heavy (non-hydrogen) atoms. The molecule has 6 nitrogen and oxygen atoms in total. The van der Waals surface area contributed by atoms with Gasteiger partial charge in [0.1, 0.15) is 11.6 Å². The highest BCUT2D eigenvalue weighted by Crippen LogP contribution is 2.21. The molecule has 0 saturated carbocycles. The van der Waals surface area contributed by atoms with E-state index in [9.17, 15) is 22.0 Å². The fourth-order valence-corrected chi connectivity index (χ4v) is 4.92. The summed E-state index contributed by atoms with van der Waals surface area (Å²) in [6.45, 7) is 3.00. The second-order valence-electron chi connectivity index (χ2n) is 7.04. The molecule has 162 valence electrons. The smallest absolute Gasteiger partial charge is 0.243 e. The molecule has 2 aromatic rings. The van der Waals surface area contributed by atoms with Crippen molar-refractivity contribution in [3.05, 3.63) is 59.1 Å². The molecule has 3 rings (SSSR count). The van der Waals surface area contributed by atoms with E-state index < -0.39 is 33.6 Å². The van der Waals surface area contributed by atoms with Gasteiger partial charge in [-0.3, -0.25) is 9.69 Å². The average molecular weight is 458 g/mol. The summed E-state index contributed by atoms with van der Waals surface area (Å²) >= 11 is 5.73. The largest absolute Gasteiger partial charge is 0.322 e. The molecule has 10 heteroatoms. The molecule has 1 atom stereocenters. The Labute approximate surface area is 179 Å². The molecule has 0 aliphatic carbocycles. The number of rotatable bonds is 5. The van der Waals surface area contributed by atoms with Gasteiger partial charge in [-0.2, -0.15) is 4.31 Å². The number of halogens is 3. The number of nitrogens with zero attached hydrogens (tertiary/aromatic N) is 2. The highest BCUT2D eigenvalue weighted by Gasteiger charge is 2.30. The van der Waals surface area contributed by atoms with E-state index in [2.05, 4.69) is 5.32 Å². The van der Waals surface area contributed by atoms with Crippen LogP contribution in [0.15, 0.2) is 47.4 Å². The molecule has 0 radical (unpaired) electrons. The van der Waals surface area contributed by atoms with Crippen LogP contribution in [0.4, 0.5) is 14.5 Å². The molecule has 1 unspecified atom stereocenters. The molecule has 0 bridgehead atoms. The van der Waals surface area contributed by atoms with Crippen molar-refractivity contribution in [3.8, 4) is 0 Å². The first-order chi connectivity index (χ1) is 14.2. The number of nitrogens with one attached hydrogen (secondary N) is 1. The van der Waals surface area contributed by atoms with Crippen LogP contribution in [-0.4, -0.2) is 55.8 Å². The predicted octanol–water partition coefficient (Wildman–Crippen LogP) is 3.34. The highest BCUT2D eigenvalue weighted by molar-refractivity contribution is 7.89. The van der Waals surface area contributed by atoms with Crippen molar-refractivity contribution < 1.29 is 22.0 Å². The summed E-state index contributed by atoms with van der Waals surface area (Å²) < 4.78 is 54.0. The summed E-state index contributed by atoms with van der Waals surface area (Å²) in [5.41, 5.74) is 0.0339. The maximum Gasteiger partial charge on any atom is 0.243 e. The van der Waals surface area contributed by atoms with Gasteiger partial charge in [0, 0.05) is 31.2 Å². The summed E-state index contributed by atoms with van der Waals surface area (Å²) in [5.74, 6) is -1.53. The van der Waals surface area contributed by atoms with E-state index in [0.29, 0.717) is 19.5 Å². The van der Waals surface area contributed by atoms with Crippen LogP contribution in [0.1, 0.15) is 13.3 Å². The number of hydrogen-bond donors (Lipinski definition) is 1. The Morgan fingerprint density at radius 2 is 1.77 bits per heavy atom. The van der Waals surface area contributed by atoms with Crippen LogP contribution in [-0.2, 0) is 14.8 Å². The third kappa shape index (κ3) is 5.15. The second-order valence-corrected chi connectivity index (χ2v) is 9.41. The SMILES string of the molecule is CC(C(=O)Nc1ccc(Cl)cc1F)N1CCCN(S(=O)(=O)c2ccc(F)cc2)CC1. The van der Waals surface area contributed by atoms with Gasteiger partial charge >= 0.3 is 0 Å². The number of sulfonamides is 1. The fourth-order valence-electron chi connectivity index (χ4n) is 3.29. The first-order valence-corrected chi connectivity index (χ1v) is 11.3. The maximum atomic E-state index is 13.9. The van der Waals surface area contributed by atoms with Crippen molar-refractivity contribution in [3.63, 3.8) is 0 Å². The van der Waals surface area contributed by atoms with Gasteiger partial charge in [0.2, 0.25) is 15.9 Å². The Balaban J connectivity index is 1.65. The van der Waals surface area contributed by atoms with Crippen LogP contribution in [0.25, 0.3) is 0 Å². The standard InChI is InChI=1S/C20H22ClF2N3O3S/c1-14(20(27)24-19-8-3-15(21)13-18(19)23)25-9-2-10-26(12-11-25)30(28,29)17-6-4-16(22)5-7-17/h3-8,13-14H,2,9-12H2,1H3,(H,24,27). The maximum absolute atomic E-state index is 13.9. The third-order valence-electron chi connectivity index (χ3n) is 5.06. The van der Waals surface area contributed by atoms with Crippen LogP contribution >= 0.6 is 11.6 Å². The van der Waals surface area contributed by atoms with Crippen LogP contribution in [0.2, 0.25) is 5.02 Å². The molecule has 0 aromatic heterocycles. The van der Waals surface area contributed by atoms with E-state index in [1.807, 2.05) is 4.90 Å². The quantitative estimate of drug-likeness (QED) is 0.747. The zero-order valence-electron chi connectivity index (χ0n) is 16.3. The molecule has 1 aliphatic heterocycles. The number of amides is 1. The van der Waals surface area contributed by atoms with E-state index in [4.69, 9.17) is 11.6 Å². The normalized spacial score (nSPS) is 17.3. The lowest BCUT2D eigenvalue weighted by atomic mass is 10.2. The highest BCUT2D eigenvalue weighted by atomic mass is 35.5. The Morgan fingerprint density at radius 1 is 1.07 bits per heavy atom. The van der Waals surface area contributed by atoms with Crippen molar-refractivity contribution in [2.24, 2.45) is 0 Å². The minimum atomic E-state index is -3.75. The lowest BCUT2D eigenvalue weighted by Gasteiger charge is -2.27. The Bertz CT molecular complexity index is 1020. The average Bonchev–Trinajstić information content (AvgIpc) is 2.96. The Kier molecular flexibility index (Phi) is 7.07. The topological polar surface area (TPSA) is 69.7 Å². The van der Waals surface area contributed by atoms with E-state index in [-0.39, 0.29) is 28.7 Å². The molecule has 1 saturated heterocycles. The minimum absolute atomic E-state index is 0.0290. The molecule has 1 heterocycles. The summed E-state index contributed by atoms with van der Waals surface area (Å²) in [5, 5.41) is 2.78. The number of benzene rings is 2. The molecule has 1 N–H and O–H groups in total. The van der Waals surface area contributed by atoms with E-state index in [0.717, 1.165) is 18.2 Å². The molecule has 0 spiro atoms. The number of hydrogen-bond acceptors (Lipinski definition) is 4. The number of anilines is 1. The van der Waals surface area contributed by atoms with Gasteiger partial charge in [-0.25, -0.2) is 17.2 Å². The Hall–Kier alpha value is -2.07. The van der Waals surface area contributed by atoms with Gasteiger partial charge in [0.25, 0.3) is 0 Å². The van der Waals surface area contributed by atoms with E-state index in [1.54, 1.807) is 6.92 Å². The van der Waals surface area contributed by atoms with Crippen LogP contribution in [0.3, 0.4) is 0 Å². The van der Waals surface area contributed by atoms with Crippen molar-refractivity contribution in [2.45, 2.75) is 24.3 Å². The van der Waals surface area contributed by atoms with Gasteiger partial charge in [-0.05, 0) is 55.8 Å². The zero-order valence-corrected chi connectivity index (χ0v) is 17.9. The zero-order chi connectivity index (χ0) is 21.9. The van der Waals surface area contributed by atoms with Gasteiger partial charge in [-0.1, -0.05) is 11.6 Å². The minimum Gasteiger partial charge on any atom is -0.322 e. The van der Waals surface area contributed by atoms with Crippen LogP contribution in [0.5, 0.6) is 0 Å². The molecule has 1 amide bonds. The summed E-state index contributed by atoms with van der Waals surface area (Å²) in [6, 6.07) is 8.10. The molecule has 2 aromatic carbocycles. The molecular formula is C20H22ClF2N3O3S. The van der Waals surface area contributed by atoms with Crippen molar-refractivity contribution in [2.75, 3.05) is 31.5 Å². The van der Waals surface area contributed by atoms with Crippen LogP contribution < -0.4 is 5.32 Å². The van der Waals surface area contributed by atoms with Gasteiger partial charge in [0.05, 0.1) is 16.6 Å².